The summed E-state index contributed by atoms with van der Waals surface area (Å²) in [5.41, 5.74) is 6.42. The lowest BCUT2D eigenvalue weighted by molar-refractivity contribution is -0.126. The van der Waals surface area contributed by atoms with E-state index < -0.39 is 0 Å². The normalized spacial score (nSPS) is 16.2. The molecule has 1 aliphatic rings. The summed E-state index contributed by atoms with van der Waals surface area (Å²) < 4.78 is 5.57. The molecule has 0 saturated heterocycles. The van der Waals surface area contributed by atoms with E-state index in [0.717, 1.165) is 24.2 Å². The van der Waals surface area contributed by atoms with Crippen LogP contribution < -0.4 is 15.8 Å². The number of rotatable bonds is 6. The number of benzene rings is 1. The Bertz CT molecular complexity index is 436. The first-order valence-corrected chi connectivity index (χ1v) is 6.80. The molecular formula is C15H22N2O2. The van der Waals surface area contributed by atoms with Crippen LogP contribution in [0.4, 0.5) is 0 Å². The summed E-state index contributed by atoms with van der Waals surface area (Å²) in [6, 6.07) is 7.80. The minimum Gasteiger partial charge on any atom is -0.491 e. The van der Waals surface area contributed by atoms with E-state index in [0.29, 0.717) is 13.1 Å². The maximum Gasteiger partial charge on any atom is 0.227 e. The van der Waals surface area contributed by atoms with Crippen molar-refractivity contribution in [3.63, 3.8) is 0 Å². The Morgan fingerprint density at radius 1 is 1.37 bits per heavy atom. The molecule has 0 bridgehead atoms. The Labute approximate surface area is 114 Å². The quantitative estimate of drug-likeness (QED) is 0.822. The zero-order chi connectivity index (χ0) is 13.9. The van der Waals surface area contributed by atoms with Crippen LogP contribution in [0.3, 0.4) is 0 Å². The third-order valence-electron chi connectivity index (χ3n) is 3.47. The molecule has 2 rings (SSSR count). The molecule has 0 radical (unpaired) electrons. The fourth-order valence-electron chi connectivity index (χ4n) is 2.00. The van der Waals surface area contributed by atoms with Crippen LogP contribution in [0.15, 0.2) is 24.3 Å². The van der Waals surface area contributed by atoms with Crippen LogP contribution >= 0.6 is 0 Å². The van der Waals surface area contributed by atoms with Gasteiger partial charge < -0.3 is 15.8 Å². The fraction of sp³-hybridized carbons (Fsp3) is 0.533. The van der Waals surface area contributed by atoms with Gasteiger partial charge in [-0.2, -0.15) is 0 Å². The molecule has 3 N–H and O–H groups in total. The first-order valence-electron chi connectivity index (χ1n) is 6.80. The SMILES string of the molecule is CC(C)Oc1ccc(CNC(=O)C2(CN)CC2)cc1. The molecule has 0 heterocycles. The number of nitrogens with two attached hydrogens (primary N) is 1. The summed E-state index contributed by atoms with van der Waals surface area (Å²) in [5, 5.41) is 2.95. The number of nitrogens with one attached hydrogen (secondary N) is 1. The number of hydrogen-bond donors (Lipinski definition) is 2. The summed E-state index contributed by atoms with van der Waals surface area (Å²) >= 11 is 0. The van der Waals surface area contributed by atoms with Gasteiger partial charge in [-0.15, -0.1) is 0 Å². The second-order valence-corrected chi connectivity index (χ2v) is 5.48. The van der Waals surface area contributed by atoms with Crippen molar-refractivity contribution in [3.8, 4) is 5.75 Å². The van der Waals surface area contributed by atoms with Crippen molar-refractivity contribution in [1.29, 1.82) is 0 Å². The van der Waals surface area contributed by atoms with Crippen molar-refractivity contribution in [1.82, 2.24) is 5.32 Å². The van der Waals surface area contributed by atoms with Gasteiger partial charge in [0.05, 0.1) is 11.5 Å². The summed E-state index contributed by atoms with van der Waals surface area (Å²) in [5.74, 6) is 0.934. The molecular weight excluding hydrogens is 240 g/mol. The lowest BCUT2D eigenvalue weighted by Crippen LogP contribution is -2.36. The zero-order valence-corrected chi connectivity index (χ0v) is 11.6. The van der Waals surface area contributed by atoms with Gasteiger partial charge in [-0.3, -0.25) is 4.79 Å². The molecule has 0 spiro atoms. The molecule has 0 aliphatic heterocycles. The van der Waals surface area contributed by atoms with Crippen molar-refractivity contribution in [2.75, 3.05) is 6.54 Å². The molecule has 0 aromatic heterocycles. The second kappa shape index (κ2) is 5.61. The minimum atomic E-state index is -0.277. The Kier molecular flexibility index (Phi) is 4.10. The predicted octanol–water partition coefficient (Wildman–Crippen LogP) is 1.83. The number of amides is 1. The molecule has 1 fully saturated rings. The van der Waals surface area contributed by atoms with Crippen LogP contribution in [0.1, 0.15) is 32.3 Å². The van der Waals surface area contributed by atoms with Gasteiger partial charge in [0.25, 0.3) is 0 Å². The Balaban J connectivity index is 1.85. The Morgan fingerprint density at radius 3 is 2.47 bits per heavy atom. The lowest BCUT2D eigenvalue weighted by atomic mass is 10.1. The molecule has 1 saturated carbocycles. The number of ether oxygens (including phenoxy) is 1. The average Bonchev–Trinajstić information content (AvgIpc) is 3.18. The fourth-order valence-corrected chi connectivity index (χ4v) is 2.00. The number of carbonyl (C=O) groups is 1. The third-order valence-corrected chi connectivity index (χ3v) is 3.47. The van der Waals surface area contributed by atoms with E-state index in [9.17, 15) is 4.79 Å². The van der Waals surface area contributed by atoms with Crippen LogP contribution in [0.5, 0.6) is 5.75 Å². The minimum absolute atomic E-state index is 0.0810. The standard InChI is InChI=1S/C15H22N2O2/c1-11(2)19-13-5-3-12(4-6-13)9-17-14(18)15(10-16)7-8-15/h3-6,11H,7-10,16H2,1-2H3,(H,17,18). The van der Waals surface area contributed by atoms with Gasteiger partial charge in [0.15, 0.2) is 0 Å². The highest BCUT2D eigenvalue weighted by Crippen LogP contribution is 2.44. The molecule has 1 aliphatic carbocycles. The predicted molar refractivity (Wildman–Crippen MR) is 74.8 cm³/mol. The average molecular weight is 262 g/mol. The van der Waals surface area contributed by atoms with Gasteiger partial charge in [0, 0.05) is 13.1 Å². The van der Waals surface area contributed by atoms with Crippen LogP contribution in [-0.2, 0) is 11.3 Å². The van der Waals surface area contributed by atoms with E-state index in [1.165, 1.54) is 0 Å². The smallest absolute Gasteiger partial charge is 0.227 e. The maximum atomic E-state index is 11.9. The zero-order valence-electron chi connectivity index (χ0n) is 11.6. The highest BCUT2D eigenvalue weighted by atomic mass is 16.5. The second-order valence-electron chi connectivity index (χ2n) is 5.48. The largest absolute Gasteiger partial charge is 0.491 e. The summed E-state index contributed by atoms with van der Waals surface area (Å²) in [4.78, 5) is 11.9. The van der Waals surface area contributed by atoms with Crippen LogP contribution in [0.25, 0.3) is 0 Å². The molecule has 1 aromatic rings. The van der Waals surface area contributed by atoms with Crippen molar-refractivity contribution < 1.29 is 9.53 Å². The third kappa shape index (κ3) is 3.47. The topological polar surface area (TPSA) is 64.3 Å². The monoisotopic (exact) mass is 262 g/mol. The van der Waals surface area contributed by atoms with Crippen molar-refractivity contribution in [3.05, 3.63) is 29.8 Å². The van der Waals surface area contributed by atoms with Gasteiger partial charge in [-0.05, 0) is 44.4 Å². The van der Waals surface area contributed by atoms with Crippen LogP contribution in [0, 0.1) is 5.41 Å². The van der Waals surface area contributed by atoms with Gasteiger partial charge in [-0.1, -0.05) is 12.1 Å². The summed E-state index contributed by atoms with van der Waals surface area (Å²) in [7, 11) is 0. The van der Waals surface area contributed by atoms with E-state index >= 15 is 0 Å². The van der Waals surface area contributed by atoms with Gasteiger partial charge in [-0.25, -0.2) is 0 Å². The molecule has 104 valence electrons. The van der Waals surface area contributed by atoms with Gasteiger partial charge in [0.2, 0.25) is 5.91 Å². The molecule has 1 amide bonds. The van der Waals surface area contributed by atoms with E-state index in [2.05, 4.69) is 5.32 Å². The Morgan fingerprint density at radius 2 is 2.00 bits per heavy atom. The molecule has 0 atom stereocenters. The van der Waals surface area contributed by atoms with Crippen molar-refractivity contribution in [2.45, 2.75) is 39.3 Å². The highest BCUT2D eigenvalue weighted by Gasteiger charge is 2.48. The van der Waals surface area contributed by atoms with Crippen LogP contribution in [-0.4, -0.2) is 18.6 Å². The van der Waals surface area contributed by atoms with Gasteiger partial charge in [0.1, 0.15) is 5.75 Å². The maximum absolute atomic E-state index is 11.9. The summed E-state index contributed by atoms with van der Waals surface area (Å²) in [6.07, 6.45) is 2.00. The first-order chi connectivity index (χ1) is 9.05. The van der Waals surface area contributed by atoms with Crippen molar-refractivity contribution in [2.24, 2.45) is 11.1 Å². The lowest BCUT2D eigenvalue weighted by Gasteiger charge is -2.13. The van der Waals surface area contributed by atoms with E-state index in [1.54, 1.807) is 0 Å². The van der Waals surface area contributed by atoms with E-state index in [-0.39, 0.29) is 17.4 Å². The molecule has 4 heteroatoms. The Hall–Kier alpha value is -1.55. The van der Waals surface area contributed by atoms with E-state index in [1.807, 2.05) is 38.1 Å². The molecule has 19 heavy (non-hydrogen) atoms. The molecule has 0 unspecified atom stereocenters. The molecule has 4 nitrogen and oxygen atoms in total. The van der Waals surface area contributed by atoms with Crippen LogP contribution in [0.2, 0.25) is 0 Å². The highest BCUT2D eigenvalue weighted by molar-refractivity contribution is 5.85. The molecule has 1 aromatic carbocycles. The van der Waals surface area contributed by atoms with Crippen molar-refractivity contribution >= 4 is 5.91 Å². The first kappa shape index (κ1) is 13.9. The van der Waals surface area contributed by atoms with Gasteiger partial charge >= 0.3 is 0 Å². The van der Waals surface area contributed by atoms with E-state index in [4.69, 9.17) is 10.5 Å². The summed E-state index contributed by atoms with van der Waals surface area (Å²) in [6.45, 7) is 4.98. The number of carbonyl (C=O) groups excluding carboxylic acids is 1. The number of hydrogen-bond acceptors (Lipinski definition) is 3.